The molecule has 0 aromatic carbocycles. The van der Waals surface area contributed by atoms with Gasteiger partial charge in [-0.3, -0.25) is 14.6 Å². The minimum Gasteiger partial charge on any atom is -0.481 e. The summed E-state index contributed by atoms with van der Waals surface area (Å²) in [5.41, 5.74) is 0.231. The van der Waals surface area contributed by atoms with E-state index >= 15 is 0 Å². The summed E-state index contributed by atoms with van der Waals surface area (Å²) in [5.74, 6) is -1.22. The molecule has 86 valence electrons. The molecule has 1 aromatic rings. The number of nitrogens with zero attached hydrogens (tertiary/aromatic N) is 3. The molecular formula is C10H13N3O3. The van der Waals surface area contributed by atoms with Crippen molar-refractivity contribution in [1.82, 2.24) is 14.9 Å². The van der Waals surface area contributed by atoms with Crippen molar-refractivity contribution in [2.45, 2.75) is 13.3 Å². The molecule has 0 spiro atoms. The summed E-state index contributed by atoms with van der Waals surface area (Å²) in [5, 5.41) is 8.54. The molecule has 6 nitrogen and oxygen atoms in total. The first kappa shape index (κ1) is 12.1. The Balaban J connectivity index is 2.66. The predicted molar refractivity (Wildman–Crippen MR) is 55.9 cm³/mol. The number of aromatic nitrogens is 2. The van der Waals surface area contributed by atoms with Crippen LogP contribution in [0.15, 0.2) is 18.6 Å². The van der Waals surface area contributed by atoms with E-state index < -0.39 is 5.97 Å². The third-order valence-corrected chi connectivity index (χ3v) is 2.05. The Morgan fingerprint density at radius 1 is 1.44 bits per heavy atom. The van der Waals surface area contributed by atoms with Crippen molar-refractivity contribution in [2.75, 3.05) is 13.1 Å². The summed E-state index contributed by atoms with van der Waals surface area (Å²) in [6.45, 7) is 2.42. The van der Waals surface area contributed by atoms with E-state index in [1.165, 1.54) is 23.5 Å². The molecule has 0 fully saturated rings. The van der Waals surface area contributed by atoms with Gasteiger partial charge in [0.25, 0.3) is 5.91 Å². The lowest BCUT2D eigenvalue weighted by atomic mass is 10.3. The van der Waals surface area contributed by atoms with Gasteiger partial charge < -0.3 is 10.0 Å². The second-order valence-corrected chi connectivity index (χ2v) is 3.12. The number of carboxylic acids is 1. The van der Waals surface area contributed by atoms with Crippen LogP contribution in [0.1, 0.15) is 23.8 Å². The molecule has 0 unspecified atom stereocenters. The maximum absolute atomic E-state index is 11.8. The lowest BCUT2D eigenvalue weighted by molar-refractivity contribution is -0.137. The zero-order valence-electron chi connectivity index (χ0n) is 8.96. The van der Waals surface area contributed by atoms with Crippen molar-refractivity contribution in [2.24, 2.45) is 0 Å². The zero-order chi connectivity index (χ0) is 12.0. The Hall–Kier alpha value is -1.98. The van der Waals surface area contributed by atoms with Gasteiger partial charge in [0.15, 0.2) is 0 Å². The van der Waals surface area contributed by atoms with Crippen LogP contribution in [0.4, 0.5) is 0 Å². The van der Waals surface area contributed by atoms with Crippen molar-refractivity contribution < 1.29 is 14.7 Å². The number of amides is 1. The fraction of sp³-hybridized carbons (Fsp3) is 0.400. The van der Waals surface area contributed by atoms with Crippen LogP contribution in [0.3, 0.4) is 0 Å². The molecule has 1 N–H and O–H groups in total. The van der Waals surface area contributed by atoms with Crippen LogP contribution in [-0.4, -0.2) is 44.9 Å². The maximum Gasteiger partial charge on any atom is 0.305 e. The largest absolute Gasteiger partial charge is 0.481 e. The van der Waals surface area contributed by atoms with Crippen LogP contribution in [-0.2, 0) is 4.79 Å². The monoisotopic (exact) mass is 223 g/mol. The first-order chi connectivity index (χ1) is 7.65. The second-order valence-electron chi connectivity index (χ2n) is 3.12. The Kier molecular flexibility index (Phi) is 4.38. The number of hydrogen-bond acceptors (Lipinski definition) is 4. The standard InChI is InChI=1S/C10H13N3O3/c1-2-13(6-3-9(14)15)10(16)8-7-11-4-5-12-8/h4-5,7H,2-3,6H2,1H3,(H,14,15). The van der Waals surface area contributed by atoms with Gasteiger partial charge in [-0.05, 0) is 6.92 Å². The van der Waals surface area contributed by atoms with E-state index in [0.29, 0.717) is 6.54 Å². The third-order valence-electron chi connectivity index (χ3n) is 2.05. The van der Waals surface area contributed by atoms with Gasteiger partial charge in [-0.25, -0.2) is 4.98 Å². The van der Waals surface area contributed by atoms with Gasteiger partial charge in [0.05, 0.1) is 12.6 Å². The molecule has 0 aliphatic heterocycles. The summed E-state index contributed by atoms with van der Waals surface area (Å²) >= 11 is 0. The van der Waals surface area contributed by atoms with E-state index in [1.807, 2.05) is 0 Å². The van der Waals surface area contributed by atoms with Gasteiger partial charge >= 0.3 is 5.97 Å². The summed E-state index contributed by atoms with van der Waals surface area (Å²) in [4.78, 5) is 31.3. The molecule has 0 aliphatic rings. The van der Waals surface area contributed by atoms with Crippen LogP contribution in [0.2, 0.25) is 0 Å². The SMILES string of the molecule is CCN(CCC(=O)O)C(=O)c1cnccn1. The van der Waals surface area contributed by atoms with Crippen molar-refractivity contribution in [3.8, 4) is 0 Å². The summed E-state index contributed by atoms with van der Waals surface area (Å²) < 4.78 is 0. The first-order valence-electron chi connectivity index (χ1n) is 4.92. The molecule has 16 heavy (non-hydrogen) atoms. The Morgan fingerprint density at radius 3 is 2.69 bits per heavy atom. The quantitative estimate of drug-likeness (QED) is 0.781. The van der Waals surface area contributed by atoms with Gasteiger partial charge in [-0.1, -0.05) is 0 Å². The summed E-state index contributed by atoms with van der Waals surface area (Å²) in [6, 6.07) is 0. The predicted octanol–water partition coefficient (Wildman–Crippen LogP) is 0.413. The lowest BCUT2D eigenvalue weighted by Crippen LogP contribution is -2.33. The molecule has 0 radical (unpaired) electrons. The van der Waals surface area contributed by atoms with Gasteiger partial charge in [0.1, 0.15) is 5.69 Å². The van der Waals surface area contributed by atoms with Crippen molar-refractivity contribution in [1.29, 1.82) is 0 Å². The number of carboxylic acid groups (broad SMARTS) is 1. The van der Waals surface area contributed by atoms with Gasteiger partial charge in [0, 0.05) is 25.5 Å². The Bertz CT molecular complexity index is 367. The fourth-order valence-corrected chi connectivity index (χ4v) is 1.21. The number of hydrogen-bond donors (Lipinski definition) is 1. The normalized spacial score (nSPS) is 9.81. The van der Waals surface area contributed by atoms with Gasteiger partial charge in [0.2, 0.25) is 0 Å². The molecule has 0 saturated heterocycles. The highest BCUT2D eigenvalue weighted by Crippen LogP contribution is 2.00. The van der Waals surface area contributed by atoms with E-state index in [2.05, 4.69) is 9.97 Å². The van der Waals surface area contributed by atoms with Crippen LogP contribution < -0.4 is 0 Å². The fourth-order valence-electron chi connectivity index (χ4n) is 1.21. The van der Waals surface area contributed by atoms with Crippen molar-refractivity contribution >= 4 is 11.9 Å². The number of aliphatic carboxylic acids is 1. The maximum atomic E-state index is 11.8. The number of carbonyl (C=O) groups is 2. The van der Waals surface area contributed by atoms with Crippen molar-refractivity contribution in [3.05, 3.63) is 24.3 Å². The minimum absolute atomic E-state index is 0.0696. The van der Waals surface area contributed by atoms with E-state index in [4.69, 9.17) is 5.11 Å². The molecule has 0 bridgehead atoms. The number of rotatable bonds is 5. The highest BCUT2D eigenvalue weighted by Gasteiger charge is 2.16. The average molecular weight is 223 g/mol. The molecule has 6 heteroatoms. The smallest absolute Gasteiger partial charge is 0.305 e. The number of carbonyl (C=O) groups excluding carboxylic acids is 1. The van der Waals surface area contributed by atoms with E-state index in [-0.39, 0.29) is 24.6 Å². The highest BCUT2D eigenvalue weighted by molar-refractivity contribution is 5.92. The summed E-state index contributed by atoms with van der Waals surface area (Å²) in [6.07, 6.45) is 4.20. The van der Waals surface area contributed by atoms with E-state index in [1.54, 1.807) is 6.92 Å². The van der Waals surface area contributed by atoms with Crippen LogP contribution in [0.25, 0.3) is 0 Å². The average Bonchev–Trinajstić information content (AvgIpc) is 2.30. The highest BCUT2D eigenvalue weighted by atomic mass is 16.4. The Labute approximate surface area is 92.9 Å². The molecular weight excluding hydrogens is 210 g/mol. The molecule has 0 atom stereocenters. The van der Waals surface area contributed by atoms with E-state index in [0.717, 1.165) is 0 Å². The van der Waals surface area contributed by atoms with Crippen LogP contribution in [0, 0.1) is 0 Å². The van der Waals surface area contributed by atoms with Gasteiger partial charge in [-0.15, -0.1) is 0 Å². The van der Waals surface area contributed by atoms with E-state index in [9.17, 15) is 9.59 Å². The van der Waals surface area contributed by atoms with Gasteiger partial charge in [-0.2, -0.15) is 0 Å². The molecule has 1 amide bonds. The molecule has 1 aromatic heterocycles. The lowest BCUT2D eigenvalue weighted by Gasteiger charge is -2.18. The molecule has 0 saturated carbocycles. The van der Waals surface area contributed by atoms with Crippen molar-refractivity contribution in [3.63, 3.8) is 0 Å². The molecule has 1 rings (SSSR count). The zero-order valence-corrected chi connectivity index (χ0v) is 8.96. The second kappa shape index (κ2) is 5.79. The molecule has 1 heterocycles. The first-order valence-corrected chi connectivity index (χ1v) is 4.92. The minimum atomic E-state index is -0.926. The Morgan fingerprint density at radius 2 is 2.19 bits per heavy atom. The third kappa shape index (κ3) is 3.30. The molecule has 0 aliphatic carbocycles. The summed E-state index contributed by atoms with van der Waals surface area (Å²) in [7, 11) is 0. The van der Waals surface area contributed by atoms with Crippen LogP contribution >= 0.6 is 0 Å². The topological polar surface area (TPSA) is 83.4 Å². The van der Waals surface area contributed by atoms with Crippen LogP contribution in [0.5, 0.6) is 0 Å².